The number of aryl methyl sites for hydroxylation is 2. The largest absolute Gasteiger partial charge is 0.495 e. The van der Waals surface area contributed by atoms with Crippen molar-refractivity contribution in [1.29, 1.82) is 0 Å². The van der Waals surface area contributed by atoms with Gasteiger partial charge < -0.3 is 10.1 Å². The van der Waals surface area contributed by atoms with Crippen LogP contribution in [0.1, 0.15) is 36.5 Å². The second-order valence-corrected chi connectivity index (χ2v) is 14.0. The van der Waals surface area contributed by atoms with Gasteiger partial charge in [0.25, 0.3) is 20.0 Å². The molecule has 0 aromatic heterocycles. The highest BCUT2D eigenvalue weighted by Crippen LogP contribution is 2.29. The van der Waals surface area contributed by atoms with Crippen LogP contribution in [0.4, 0.5) is 17.1 Å². The first-order chi connectivity index (χ1) is 20.3. The van der Waals surface area contributed by atoms with Crippen LogP contribution in [0.3, 0.4) is 0 Å². The summed E-state index contributed by atoms with van der Waals surface area (Å²) in [5.41, 5.74) is 3.75. The molecule has 226 valence electrons. The van der Waals surface area contributed by atoms with Crippen LogP contribution in [0.25, 0.3) is 0 Å². The highest BCUT2D eigenvalue weighted by molar-refractivity contribution is 7.93. The minimum atomic E-state index is -4.08. The first kappa shape index (κ1) is 31.6. The zero-order valence-electron chi connectivity index (χ0n) is 24.7. The summed E-state index contributed by atoms with van der Waals surface area (Å²) < 4.78 is 62.3. The number of hydrogen-bond donors (Lipinski definition) is 2. The summed E-state index contributed by atoms with van der Waals surface area (Å²) in [5, 5.41) is 2.68. The summed E-state index contributed by atoms with van der Waals surface area (Å²) in [7, 11) is -6.59. The number of nitrogens with zero attached hydrogens (tertiary/aromatic N) is 1. The number of nitrogens with one attached hydrogen (secondary N) is 2. The molecular formula is C32H35N3O6S2. The van der Waals surface area contributed by atoms with Crippen molar-refractivity contribution in [2.75, 3.05) is 28.0 Å². The van der Waals surface area contributed by atoms with Crippen molar-refractivity contribution < 1.29 is 26.4 Å². The second kappa shape index (κ2) is 12.9. The molecule has 0 saturated heterocycles. The van der Waals surface area contributed by atoms with Crippen molar-refractivity contribution >= 4 is 43.0 Å². The van der Waals surface area contributed by atoms with Gasteiger partial charge in [-0.25, -0.2) is 16.8 Å². The van der Waals surface area contributed by atoms with E-state index < -0.39 is 32.5 Å². The monoisotopic (exact) mass is 621 g/mol. The van der Waals surface area contributed by atoms with Crippen molar-refractivity contribution in [2.45, 2.75) is 43.4 Å². The summed E-state index contributed by atoms with van der Waals surface area (Å²) in [5.74, 6) is 0.0317. The predicted octanol–water partition coefficient (Wildman–Crippen LogP) is 6.07. The summed E-state index contributed by atoms with van der Waals surface area (Å²) in [4.78, 5) is 13.2. The first-order valence-corrected chi connectivity index (χ1v) is 16.5. The normalized spacial score (nSPS) is 11.7. The molecule has 2 N–H and O–H groups in total. The number of anilines is 3. The van der Waals surface area contributed by atoms with Crippen molar-refractivity contribution in [3.8, 4) is 5.75 Å². The molecule has 9 nitrogen and oxygen atoms in total. The van der Waals surface area contributed by atoms with Crippen LogP contribution < -0.4 is 19.1 Å². The summed E-state index contributed by atoms with van der Waals surface area (Å²) >= 11 is 0. The van der Waals surface area contributed by atoms with E-state index in [9.17, 15) is 21.6 Å². The molecule has 0 fully saturated rings. The number of benzene rings is 4. The van der Waals surface area contributed by atoms with Crippen LogP contribution in [-0.4, -0.2) is 36.4 Å². The zero-order valence-corrected chi connectivity index (χ0v) is 26.3. The topological polar surface area (TPSA) is 122 Å². The Morgan fingerprint density at radius 3 is 1.95 bits per heavy atom. The first-order valence-electron chi connectivity index (χ1n) is 13.6. The molecule has 0 radical (unpaired) electrons. The smallest absolute Gasteiger partial charge is 0.264 e. The number of carbonyl (C=O) groups is 1. The fourth-order valence-electron chi connectivity index (χ4n) is 4.33. The lowest BCUT2D eigenvalue weighted by molar-refractivity contribution is -0.114. The standard InChI is InChI=1S/C32H35N3O6S2/c1-22(2)25-9-13-27(14-10-25)35(43(39,40)29-15-6-23(3)7-16-29)21-32(36)33-26-11-17-28(18-12-26)42(37,38)34-30-20-24(4)8-19-31(30)41-5/h6-20,22,34H,21H2,1-5H3,(H,33,36). The molecule has 0 atom stereocenters. The number of carbonyl (C=O) groups excluding carboxylic acids is 1. The van der Waals surface area contributed by atoms with Crippen LogP contribution in [0, 0.1) is 13.8 Å². The Balaban J connectivity index is 1.55. The van der Waals surface area contributed by atoms with Gasteiger partial charge in [-0.15, -0.1) is 0 Å². The van der Waals surface area contributed by atoms with E-state index >= 15 is 0 Å². The average molecular weight is 622 g/mol. The van der Waals surface area contributed by atoms with Gasteiger partial charge in [-0.2, -0.15) is 0 Å². The van der Waals surface area contributed by atoms with E-state index in [4.69, 9.17) is 4.74 Å². The van der Waals surface area contributed by atoms with Crippen LogP contribution in [0.15, 0.2) is 101 Å². The maximum absolute atomic E-state index is 13.7. The lowest BCUT2D eigenvalue weighted by atomic mass is 10.0. The molecule has 1 amide bonds. The minimum absolute atomic E-state index is 0.0251. The van der Waals surface area contributed by atoms with Crippen molar-refractivity contribution in [3.63, 3.8) is 0 Å². The fraction of sp³-hybridized carbons (Fsp3) is 0.219. The number of hydrogen-bond acceptors (Lipinski definition) is 6. The Bertz CT molecular complexity index is 1800. The Morgan fingerprint density at radius 1 is 0.791 bits per heavy atom. The van der Waals surface area contributed by atoms with Gasteiger partial charge >= 0.3 is 0 Å². The van der Waals surface area contributed by atoms with Crippen LogP contribution in [0.5, 0.6) is 5.75 Å². The third-order valence-corrected chi connectivity index (χ3v) is 9.96. The zero-order chi connectivity index (χ0) is 31.4. The van der Waals surface area contributed by atoms with Gasteiger partial charge in [-0.05, 0) is 91.6 Å². The molecule has 0 aliphatic carbocycles. The number of methoxy groups -OCH3 is 1. The molecular weight excluding hydrogens is 587 g/mol. The van der Waals surface area contributed by atoms with Crippen molar-refractivity contribution in [3.05, 3.63) is 108 Å². The van der Waals surface area contributed by atoms with Crippen molar-refractivity contribution in [2.24, 2.45) is 0 Å². The number of sulfonamides is 2. The van der Waals surface area contributed by atoms with E-state index in [1.807, 2.05) is 45.9 Å². The maximum Gasteiger partial charge on any atom is 0.264 e. The Morgan fingerprint density at radius 2 is 1.37 bits per heavy atom. The van der Waals surface area contributed by atoms with Gasteiger partial charge in [-0.3, -0.25) is 13.8 Å². The number of ether oxygens (including phenoxy) is 1. The lowest BCUT2D eigenvalue weighted by Crippen LogP contribution is -2.38. The SMILES string of the molecule is COc1ccc(C)cc1NS(=O)(=O)c1ccc(NC(=O)CN(c2ccc(C(C)C)cc2)S(=O)(=O)c2ccc(C)cc2)cc1. The van der Waals surface area contributed by atoms with E-state index in [0.717, 1.165) is 21.0 Å². The number of amides is 1. The van der Waals surface area contributed by atoms with Gasteiger partial charge in [0.15, 0.2) is 0 Å². The van der Waals surface area contributed by atoms with Gasteiger partial charge in [0.05, 0.1) is 28.3 Å². The molecule has 0 spiro atoms. The van der Waals surface area contributed by atoms with E-state index in [-0.39, 0.29) is 15.7 Å². The Labute approximate surface area is 253 Å². The Kier molecular flexibility index (Phi) is 9.46. The molecule has 4 rings (SSSR count). The van der Waals surface area contributed by atoms with Crippen LogP contribution >= 0.6 is 0 Å². The number of rotatable bonds is 11. The van der Waals surface area contributed by atoms with E-state index in [1.54, 1.807) is 36.4 Å². The molecule has 0 saturated carbocycles. The quantitative estimate of drug-likeness (QED) is 0.210. The molecule has 0 unspecified atom stereocenters. The highest BCUT2D eigenvalue weighted by atomic mass is 32.2. The van der Waals surface area contributed by atoms with Gasteiger partial charge in [0, 0.05) is 5.69 Å². The molecule has 11 heteroatoms. The fourth-order valence-corrected chi connectivity index (χ4v) is 6.81. The lowest BCUT2D eigenvalue weighted by Gasteiger charge is -2.24. The van der Waals surface area contributed by atoms with E-state index in [1.165, 1.54) is 43.5 Å². The van der Waals surface area contributed by atoms with Crippen LogP contribution in [-0.2, 0) is 24.8 Å². The Hall–Kier alpha value is -4.35. The summed E-state index contributed by atoms with van der Waals surface area (Å²) in [6.07, 6.45) is 0. The van der Waals surface area contributed by atoms with Crippen LogP contribution in [0.2, 0.25) is 0 Å². The van der Waals surface area contributed by atoms with Gasteiger partial charge in [-0.1, -0.05) is 49.7 Å². The predicted molar refractivity (Wildman–Crippen MR) is 170 cm³/mol. The third-order valence-electron chi connectivity index (χ3n) is 6.79. The maximum atomic E-state index is 13.7. The van der Waals surface area contributed by atoms with E-state index in [0.29, 0.717) is 22.8 Å². The molecule has 43 heavy (non-hydrogen) atoms. The summed E-state index contributed by atoms with van der Waals surface area (Å²) in [6.45, 7) is 7.28. The molecule has 0 bridgehead atoms. The molecule has 0 heterocycles. The highest BCUT2D eigenvalue weighted by Gasteiger charge is 2.27. The second-order valence-electron chi connectivity index (χ2n) is 10.5. The third kappa shape index (κ3) is 7.54. The molecule has 0 aliphatic heterocycles. The average Bonchev–Trinajstić information content (AvgIpc) is 2.96. The molecule has 0 aliphatic rings. The van der Waals surface area contributed by atoms with Crippen molar-refractivity contribution in [1.82, 2.24) is 0 Å². The van der Waals surface area contributed by atoms with Gasteiger partial charge in [0.1, 0.15) is 12.3 Å². The summed E-state index contributed by atoms with van der Waals surface area (Å²) in [6, 6.07) is 24.2. The van der Waals surface area contributed by atoms with Gasteiger partial charge in [0.2, 0.25) is 5.91 Å². The minimum Gasteiger partial charge on any atom is -0.495 e. The molecule has 4 aromatic carbocycles. The molecule has 4 aromatic rings. The van der Waals surface area contributed by atoms with E-state index in [2.05, 4.69) is 10.0 Å².